The van der Waals surface area contributed by atoms with Gasteiger partial charge >= 0.3 is 0 Å². The van der Waals surface area contributed by atoms with E-state index in [-0.39, 0.29) is 11.9 Å². The number of nitrogens with two attached hydrogens (primary N) is 1. The van der Waals surface area contributed by atoms with E-state index in [0.29, 0.717) is 18.1 Å². The molecule has 1 amide bonds. The quantitative estimate of drug-likeness (QED) is 0.854. The van der Waals surface area contributed by atoms with Crippen LogP contribution in [-0.2, 0) is 4.79 Å². The monoisotopic (exact) mass is 253 g/mol. The first-order chi connectivity index (χ1) is 8.11. The fraction of sp³-hybridized carbons (Fsp3) is 0.417. The molecule has 0 aliphatic carbocycles. The first-order valence-electron chi connectivity index (χ1n) is 5.58. The fourth-order valence-corrected chi connectivity index (χ4v) is 2.21. The molecule has 1 unspecified atom stereocenters. The number of hydrogen-bond acceptors (Lipinski definition) is 3. The molecule has 0 radical (unpaired) electrons. The Hall–Kier alpha value is -1.26. The Balaban J connectivity index is 2.20. The van der Waals surface area contributed by atoms with Crippen molar-refractivity contribution < 1.29 is 4.79 Å². The number of halogens is 1. The van der Waals surface area contributed by atoms with Crippen LogP contribution in [0.25, 0.3) is 0 Å². The number of hydrogen-bond donors (Lipinski definition) is 1. The average Bonchev–Trinajstić information content (AvgIpc) is 2.32. The van der Waals surface area contributed by atoms with Crippen LogP contribution >= 0.6 is 11.6 Å². The van der Waals surface area contributed by atoms with Crippen LogP contribution in [-0.4, -0.2) is 43.5 Å². The third-order valence-electron chi connectivity index (χ3n) is 3.14. The minimum atomic E-state index is 0.0650. The minimum absolute atomic E-state index is 0.0650. The van der Waals surface area contributed by atoms with Crippen molar-refractivity contribution in [2.75, 3.05) is 31.6 Å². The number of amides is 1. The summed E-state index contributed by atoms with van der Waals surface area (Å²) in [5.74, 6) is 0.0895. The van der Waals surface area contributed by atoms with Crippen molar-refractivity contribution in [1.82, 2.24) is 4.90 Å². The molecule has 0 aromatic heterocycles. The summed E-state index contributed by atoms with van der Waals surface area (Å²) in [5.41, 5.74) is 6.65. The van der Waals surface area contributed by atoms with Crippen LogP contribution in [0.15, 0.2) is 24.3 Å². The number of likely N-dealkylation sites (N-methyl/N-ethyl adjacent to an activating group) is 1. The van der Waals surface area contributed by atoms with Gasteiger partial charge in [0.1, 0.15) is 0 Å². The predicted molar refractivity (Wildman–Crippen MR) is 69.3 cm³/mol. The zero-order chi connectivity index (χ0) is 12.4. The van der Waals surface area contributed by atoms with Gasteiger partial charge in [-0.2, -0.15) is 0 Å². The number of piperazine rings is 1. The van der Waals surface area contributed by atoms with Crippen LogP contribution < -0.4 is 10.6 Å². The molecule has 1 saturated heterocycles. The second-order valence-electron chi connectivity index (χ2n) is 4.25. The first kappa shape index (κ1) is 12.2. The standard InChI is InChI=1S/C12H16ClN3O/c1-15-11(6-14)7-16(8-12(15)17)10-4-2-3-9(13)5-10/h2-5,11H,6-8,14H2,1H3. The topological polar surface area (TPSA) is 49.6 Å². The Morgan fingerprint density at radius 3 is 2.94 bits per heavy atom. The third-order valence-corrected chi connectivity index (χ3v) is 3.38. The Morgan fingerprint density at radius 1 is 1.53 bits per heavy atom. The molecule has 1 aliphatic rings. The van der Waals surface area contributed by atoms with Gasteiger partial charge in [-0.3, -0.25) is 4.79 Å². The summed E-state index contributed by atoms with van der Waals surface area (Å²) in [4.78, 5) is 15.6. The van der Waals surface area contributed by atoms with Crippen LogP contribution in [0, 0.1) is 0 Å². The van der Waals surface area contributed by atoms with E-state index in [4.69, 9.17) is 17.3 Å². The maximum absolute atomic E-state index is 11.8. The van der Waals surface area contributed by atoms with Crippen molar-refractivity contribution in [3.8, 4) is 0 Å². The number of nitrogens with zero attached hydrogens (tertiary/aromatic N) is 2. The number of anilines is 1. The summed E-state index contributed by atoms with van der Waals surface area (Å²) in [5, 5.41) is 0.679. The molecule has 0 bridgehead atoms. The minimum Gasteiger partial charge on any atom is -0.360 e. The summed E-state index contributed by atoms with van der Waals surface area (Å²) in [6, 6.07) is 7.60. The summed E-state index contributed by atoms with van der Waals surface area (Å²) in [6.07, 6.45) is 0. The Labute approximate surface area is 106 Å². The van der Waals surface area contributed by atoms with E-state index in [2.05, 4.69) is 0 Å². The molecule has 4 nitrogen and oxygen atoms in total. The highest BCUT2D eigenvalue weighted by Crippen LogP contribution is 2.22. The summed E-state index contributed by atoms with van der Waals surface area (Å²) in [7, 11) is 1.80. The Kier molecular flexibility index (Phi) is 3.54. The number of carbonyl (C=O) groups excluding carboxylic acids is 1. The van der Waals surface area contributed by atoms with Gasteiger partial charge in [0.15, 0.2) is 0 Å². The summed E-state index contributed by atoms with van der Waals surface area (Å²) >= 11 is 5.95. The maximum atomic E-state index is 11.8. The van der Waals surface area contributed by atoms with Crippen molar-refractivity contribution in [1.29, 1.82) is 0 Å². The smallest absolute Gasteiger partial charge is 0.242 e. The number of rotatable bonds is 2. The Morgan fingerprint density at radius 2 is 2.29 bits per heavy atom. The molecule has 17 heavy (non-hydrogen) atoms. The second-order valence-corrected chi connectivity index (χ2v) is 4.69. The van der Waals surface area contributed by atoms with E-state index < -0.39 is 0 Å². The van der Waals surface area contributed by atoms with E-state index in [1.807, 2.05) is 29.2 Å². The van der Waals surface area contributed by atoms with E-state index in [0.717, 1.165) is 12.2 Å². The number of carbonyl (C=O) groups is 1. The summed E-state index contributed by atoms with van der Waals surface area (Å²) < 4.78 is 0. The molecule has 1 fully saturated rings. The molecular formula is C12H16ClN3O. The van der Waals surface area contributed by atoms with Crippen molar-refractivity contribution in [3.05, 3.63) is 29.3 Å². The zero-order valence-corrected chi connectivity index (χ0v) is 10.5. The van der Waals surface area contributed by atoms with Crippen LogP contribution in [0.1, 0.15) is 0 Å². The van der Waals surface area contributed by atoms with Crippen molar-refractivity contribution in [2.45, 2.75) is 6.04 Å². The second kappa shape index (κ2) is 4.94. The molecule has 0 spiro atoms. The molecule has 0 saturated carbocycles. The maximum Gasteiger partial charge on any atom is 0.242 e. The summed E-state index contributed by atoms with van der Waals surface area (Å²) in [6.45, 7) is 1.60. The van der Waals surface area contributed by atoms with Gasteiger partial charge in [-0.25, -0.2) is 0 Å². The lowest BCUT2D eigenvalue weighted by Gasteiger charge is -2.39. The normalized spacial score (nSPS) is 20.9. The molecule has 2 rings (SSSR count). The Bertz CT molecular complexity index is 424. The van der Waals surface area contributed by atoms with E-state index >= 15 is 0 Å². The number of benzene rings is 1. The van der Waals surface area contributed by atoms with Crippen LogP contribution in [0.4, 0.5) is 5.69 Å². The predicted octanol–water partition coefficient (Wildman–Crippen LogP) is 0.946. The highest BCUT2D eigenvalue weighted by atomic mass is 35.5. The van der Waals surface area contributed by atoms with Crippen molar-refractivity contribution in [3.63, 3.8) is 0 Å². The van der Waals surface area contributed by atoms with Gasteiger partial charge < -0.3 is 15.5 Å². The zero-order valence-electron chi connectivity index (χ0n) is 9.77. The largest absolute Gasteiger partial charge is 0.360 e. The molecule has 1 heterocycles. The van der Waals surface area contributed by atoms with E-state index in [9.17, 15) is 4.79 Å². The van der Waals surface area contributed by atoms with Gasteiger partial charge in [0.05, 0.1) is 12.6 Å². The average molecular weight is 254 g/mol. The molecule has 1 aromatic rings. The van der Waals surface area contributed by atoms with E-state index in [1.54, 1.807) is 11.9 Å². The highest BCUT2D eigenvalue weighted by Gasteiger charge is 2.28. The lowest BCUT2D eigenvalue weighted by molar-refractivity contribution is -0.131. The molecule has 1 aromatic carbocycles. The molecule has 1 aliphatic heterocycles. The highest BCUT2D eigenvalue weighted by molar-refractivity contribution is 6.30. The van der Waals surface area contributed by atoms with Gasteiger partial charge in [0.25, 0.3) is 0 Å². The first-order valence-corrected chi connectivity index (χ1v) is 5.96. The van der Waals surface area contributed by atoms with Crippen molar-refractivity contribution in [2.24, 2.45) is 5.73 Å². The van der Waals surface area contributed by atoms with Crippen molar-refractivity contribution >= 4 is 23.2 Å². The molecule has 2 N–H and O–H groups in total. The van der Waals surface area contributed by atoms with E-state index in [1.165, 1.54) is 0 Å². The SMILES string of the molecule is CN1C(=O)CN(c2cccc(Cl)c2)CC1CN. The van der Waals surface area contributed by atoms with Crippen LogP contribution in [0.3, 0.4) is 0 Å². The molecule has 5 heteroatoms. The fourth-order valence-electron chi connectivity index (χ4n) is 2.02. The third kappa shape index (κ3) is 2.53. The lowest BCUT2D eigenvalue weighted by atomic mass is 10.1. The van der Waals surface area contributed by atoms with Gasteiger partial charge in [-0.15, -0.1) is 0 Å². The van der Waals surface area contributed by atoms with Crippen LogP contribution in [0.2, 0.25) is 5.02 Å². The molecule has 92 valence electrons. The lowest BCUT2D eigenvalue weighted by Crippen LogP contribution is -2.57. The van der Waals surface area contributed by atoms with Crippen LogP contribution in [0.5, 0.6) is 0 Å². The van der Waals surface area contributed by atoms with Gasteiger partial charge in [0.2, 0.25) is 5.91 Å². The molecule has 1 atom stereocenters. The van der Waals surface area contributed by atoms with Gasteiger partial charge in [0, 0.05) is 30.8 Å². The van der Waals surface area contributed by atoms with Gasteiger partial charge in [-0.05, 0) is 18.2 Å². The molecular weight excluding hydrogens is 238 g/mol. The van der Waals surface area contributed by atoms with Gasteiger partial charge in [-0.1, -0.05) is 17.7 Å².